The highest BCUT2D eigenvalue weighted by molar-refractivity contribution is 5.85. The molecule has 1 rings (SSSR count). The predicted octanol–water partition coefficient (Wildman–Crippen LogP) is -0.0825. The number of amides is 1. The molecule has 0 aromatic carbocycles. The van der Waals surface area contributed by atoms with Crippen LogP contribution in [0, 0.1) is 5.92 Å². The lowest BCUT2D eigenvalue weighted by Crippen LogP contribution is -2.55. The molecule has 2 N–H and O–H groups in total. The van der Waals surface area contributed by atoms with E-state index in [0.29, 0.717) is 19.5 Å². The topological polar surface area (TPSA) is 69.6 Å². The van der Waals surface area contributed by atoms with E-state index in [-0.39, 0.29) is 18.4 Å². The molecule has 5 nitrogen and oxygen atoms in total. The summed E-state index contributed by atoms with van der Waals surface area (Å²) in [6.45, 7) is 5.34. The number of carbonyl (C=O) groups excluding carboxylic acids is 1. The summed E-state index contributed by atoms with van der Waals surface area (Å²) in [5, 5.41) is 12.0. The molecule has 1 saturated heterocycles. The van der Waals surface area contributed by atoms with Crippen molar-refractivity contribution >= 4 is 11.9 Å². The third-order valence-corrected chi connectivity index (χ3v) is 2.48. The van der Waals surface area contributed by atoms with Crippen molar-refractivity contribution in [3.63, 3.8) is 0 Å². The van der Waals surface area contributed by atoms with Crippen molar-refractivity contribution in [3.05, 3.63) is 0 Å². The van der Waals surface area contributed by atoms with Gasteiger partial charge in [0, 0.05) is 13.1 Å². The van der Waals surface area contributed by atoms with Crippen LogP contribution in [0.2, 0.25) is 0 Å². The molecule has 0 bridgehead atoms. The Morgan fingerprint density at radius 1 is 1.60 bits per heavy atom. The maximum absolute atomic E-state index is 11.5. The van der Waals surface area contributed by atoms with Crippen molar-refractivity contribution in [2.75, 3.05) is 19.6 Å². The second-order valence-electron chi connectivity index (χ2n) is 4.25. The van der Waals surface area contributed by atoms with Gasteiger partial charge in [-0.05, 0) is 12.3 Å². The van der Waals surface area contributed by atoms with E-state index in [9.17, 15) is 9.59 Å². The van der Waals surface area contributed by atoms with Crippen LogP contribution >= 0.6 is 0 Å². The number of piperazine rings is 1. The zero-order valence-electron chi connectivity index (χ0n) is 9.19. The van der Waals surface area contributed by atoms with Crippen LogP contribution in [-0.4, -0.2) is 47.6 Å². The van der Waals surface area contributed by atoms with E-state index in [2.05, 4.69) is 5.32 Å². The van der Waals surface area contributed by atoms with Gasteiger partial charge in [0.25, 0.3) is 0 Å². The Morgan fingerprint density at radius 2 is 2.27 bits per heavy atom. The van der Waals surface area contributed by atoms with E-state index in [1.54, 1.807) is 0 Å². The number of nitrogens with zero attached hydrogens (tertiary/aromatic N) is 1. The molecular weight excluding hydrogens is 196 g/mol. The highest BCUT2D eigenvalue weighted by atomic mass is 16.4. The van der Waals surface area contributed by atoms with Gasteiger partial charge in [0.2, 0.25) is 5.91 Å². The third kappa shape index (κ3) is 3.20. The Bertz CT molecular complexity index is 253. The average Bonchev–Trinajstić information content (AvgIpc) is 2.15. The molecule has 86 valence electrons. The molecule has 0 radical (unpaired) electrons. The zero-order chi connectivity index (χ0) is 11.4. The van der Waals surface area contributed by atoms with Gasteiger partial charge in [-0.25, -0.2) is 4.79 Å². The number of aliphatic carboxylic acids is 1. The van der Waals surface area contributed by atoms with Crippen LogP contribution in [0.25, 0.3) is 0 Å². The molecule has 1 aliphatic rings. The van der Waals surface area contributed by atoms with Crippen LogP contribution in [0.5, 0.6) is 0 Å². The van der Waals surface area contributed by atoms with Crippen LogP contribution in [0.15, 0.2) is 0 Å². The minimum absolute atomic E-state index is 0.116. The molecule has 0 aromatic rings. The third-order valence-electron chi connectivity index (χ3n) is 2.48. The van der Waals surface area contributed by atoms with E-state index in [1.807, 2.05) is 13.8 Å². The van der Waals surface area contributed by atoms with E-state index in [0.717, 1.165) is 0 Å². The molecule has 1 amide bonds. The number of carbonyl (C=O) groups is 2. The predicted molar refractivity (Wildman–Crippen MR) is 55.5 cm³/mol. The molecule has 0 saturated carbocycles. The molecule has 5 heteroatoms. The van der Waals surface area contributed by atoms with Gasteiger partial charge in [-0.3, -0.25) is 4.79 Å². The summed E-state index contributed by atoms with van der Waals surface area (Å²) in [4.78, 5) is 24.1. The van der Waals surface area contributed by atoms with Gasteiger partial charge in [-0.2, -0.15) is 0 Å². The van der Waals surface area contributed by atoms with E-state index < -0.39 is 12.0 Å². The Labute approximate surface area is 89.4 Å². The van der Waals surface area contributed by atoms with Crippen LogP contribution in [-0.2, 0) is 9.59 Å². The summed E-state index contributed by atoms with van der Waals surface area (Å²) in [5.41, 5.74) is 0. The number of hydrogen-bond donors (Lipinski definition) is 2. The van der Waals surface area contributed by atoms with Crippen LogP contribution in [0.1, 0.15) is 20.3 Å². The quantitative estimate of drug-likeness (QED) is 0.686. The number of rotatable bonds is 4. The summed E-state index contributed by atoms with van der Waals surface area (Å²) < 4.78 is 0. The van der Waals surface area contributed by atoms with Crippen molar-refractivity contribution in [2.24, 2.45) is 5.92 Å². The number of hydrogen-bond acceptors (Lipinski definition) is 3. The fourth-order valence-corrected chi connectivity index (χ4v) is 1.76. The standard InChI is InChI=1S/C10H18N2O3/c1-7(2)5-8(10(14)15)12-4-3-11-6-9(12)13/h7-8,11H,3-6H2,1-2H3,(H,14,15). The minimum atomic E-state index is -0.904. The van der Waals surface area contributed by atoms with Crippen LogP contribution in [0.4, 0.5) is 0 Å². The first-order valence-electron chi connectivity index (χ1n) is 5.25. The van der Waals surface area contributed by atoms with Gasteiger partial charge in [0.05, 0.1) is 6.54 Å². The molecule has 1 unspecified atom stereocenters. The molecule has 1 heterocycles. The van der Waals surface area contributed by atoms with Crippen molar-refractivity contribution in [2.45, 2.75) is 26.3 Å². The van der Waals surface area contributed by atoms with Crippen LogP contribution < -0.4 is 5.32 Å². The maximum atomic E-state index is 11.5. The summed E-state index contributed by atoms with van der Waals surface area (Å²) in [6.07, 6.45) is 0.515. The Balaban J connectivity index is 2.69. The second kappa shape index (κ2) is 5.11. The SMILES string of the molecule is CC(C)CC(C(=O)O)N1CCNCC1=O. The monoisotopic (exact) mass is 214 g/mol. The highest BCUT2D eigenvalue weighted by Crippen LogP contribution is 2.13. The Kier molecular flexibility index (Phi) is 4.08. The molecule has 0 spiro atoms. The number of carboxylic acid groups (broad SMARTS) is 1. The largest absolute Gasteiger partial charge is 0.480 e. The first kappa shape index (κ1) is 12.0. The van der Waals surface area contributed by atoms with Crippen molar-refractivity contribution in [3.8, 4) is 0 Å². The number of carboxylic acids is 1. The lowest BCUT2D eigenvalue weighted by atomic mass is 10.0. The van der Waals surface area contributed by atoms with Gasteiger partial charge in [-0.15, -0.1) is 0 Å². The summed E-state index contributed by atoms with van der Waals surface area (Å²) in [6, 6.07) is -0.667. The van der Waals surface area contributed by atoms with Crippen molar-refractivity contribution in [1.82, 2.24) is 10.2 Å². The molecule has 0 aliphatic carbocycles. The first-order chi connectivity index (χ1) is 7.02. The summed E-state index contributed by atoms with van der Waals surface area (Å²) in [5.74, 6) is -0.748. The van der Waals surface area contributed by atoms with Crippen molar-refractivity contribution < 1.29 is 14.7 Å². The fraction of sp³-hybridized carbons (Fsp3) is 0.800. The van der Waals surface area contributed by atoms with Gasteiger partial charge in [0.1, 0.15) is 6.04 Å². The maximum Gasteiger partial charge on any atom is 0.326 e. The second-order valence-corrected chi connectivity index (χ2v) is 4.25. The van der Waals surface area contributed by atoms with Crippen LogP contribution in [0.3, 0.4) is 0 Å². The smallest absolute Gasteiger partial charge is 0.326 e. The molecular formula is C10H18N2O3. The molecule has 0 aromatic heterocycles. The summed E-state index contributed by atoms with van der Waals surface area (Å²) in [7, 11) is 0. The van der Waals surface area contributed by atoms with Gasteiger partial charge in [0.15, 0.2) is 0 Å². The van der Waals surface area contributed by atoms with E-state index in [4.69, 9.17) is 5.11 Å². The lowest BCUT2D eigenvalue weighted by molar-refractivity contribution is -0.151. The summed E-state index contributed by atoms with van der Waals surface area (Å²) >= 11 is 0. The molecule has 1 fully saturated rings. The normalized spacial score (nSPS) is 19.4. The van der Waals surface area contributed by atoms with Gasteiger partial charge in [-0.1, -0.05) is 13.8 Å². The molecule has 1 aliphatic heterocycles. The zero-order valence-corrected chi connectivity index (χ0v) is 9.19. The van der Waals surface area contributed by atoms with Crippen molar-refractivity contribution in [1.29, 1.82) is 0 Å². The molecule has 15 heavy (non-hydrogen) atoms. The molecule has 1 atom stereocenters. The van der Waals surface area contributed by atoms with E-state index >= 15 is 0 Å². The minimum Gasteiger partial charge on any atom is -0.480 e. The van der Waals surface area contributed by atoms with E-state index in [1.165, 1.54) is 4.90 Å². The Hall–Kier alpha value is -1.10. The van der Waals surface area contributed by atoms with Gasteiger partial charge < -0.3 is 15.3 Å². The average molecular weight is 214 g/mol. The number of nitrogens with one attached hydrogen (secondary N) is 1. The highest BCUT2D eigenvalue weighted by Gasteiger charge is 2.31. The Morgan fingerprint density at radius 3 is 2.73 bits per heavy atom. The lowest BCUT2D eigenvalue weighted by Gasteiger charge is -2.33. The van der Waals surface area contributed by atoms with Gasteiger partial charge >= 0.3 is 5.97 Å². The first-order valence-corrected chi connectivity index (χ1v) is 5.25. The fourth-order valence-electron chi connectivity index (χ4n) is 1.76.